The van der Waals surface area contributed by atoms with Gasteiger partial charge in [-0.25, -0.2) is 0 Å². The van der Waals surface area contributed by atoms with E-state index in [4.69, 9.17) is 15.2 Å². The summed E-state index contributed by atoms with van der Waals surface area (Å²) in [6.45, 7) is 1.33. The van der Waals surface area contributed by atoms with Crippen LogP contribution in [0.15, 0.2) is 18.3 Å². The average molecular weight is 248 g/mol. The van der Waals surface area contributed by atoms with Gasteiger partial charge in [-0.3, -0.25) is 0 Å². The molecule has 5 heteroatoms. The Balaban J connectivity index is 2.22. The summed E-state index contributed by atoms with van der Waals surface area (Å²) in [4.78, 5) is 0. The third kappa shape index (κ3) is 1.63. The molecule has 0 bridgehead atoms. The van der Waals surface area contributed by atoms with Gasteiger partial charge in [-0.1, -0.05) is 0 Å². The van der Waals surface area contributed by atoms with Gasteiger partial charge < -0.3 is 24.9 Å². The molecule has 1 aromatic heterocycles. The molecule has 3 rings (SSSR count). The third-order valence-electron chi connectivity index (χ3n) is 3.27. The Morgan fingerprint density at radius 2 is 2.00 bits per heavy atom. The number of nitrogens with two attached hydrogens (primary N) is 1. The topological polar surface area (TPSA) is 69.6 Å². The molecule has 0 saturated heterocycles. The highest BCUT2D eigenvalue weighted by Crippen LogP contribution is 2.37. The van der Waals surface area contributed by atoms with Gasteiger partial charge in [-0.15, -0.1) is 0 Å². The summed E-state index contributed by atoms with van der Waals surface area (Å²) >= 11 is 0. The minimum absolute atomic E-state index is 0.202. The van der Waals surface area contributed by atoms with Crippen molar-refractivity contribution >= 4 is 10.9 Å². The van der Waals surface area contributed by atoms with Crippen molar-refractivity contribution < 1.29 is 14.6 Å². The number of aliphatic hydroxyl groups is 1. The normalized spacial score (nSPS) is 15.9. The lowest BCUT2D eigenvalue weighted by Crippen LogP contribution is -2.15. The molecule has 1 unspecified atom stereocenters. The van der Waals surface area contributed by atoms with Crippen molar-refractivity contribution in [2.45, 2.75) is 6.10 Å². The number of aliphatic hydroxyl groups excluding tert-OH is 1. The van der Waals surface area contributed by atoms with Crippen LogP contribution in [0.25, 0.3) is 10.9 Å². The molecule has 1 aliphatic rings. The van der Waals surface area contributed by atoms with E-state index in [9.17, 15) is 5.11 Å². The first kappa shape index (κ1) is 11.4. The predicted octanol–water partition coefficient (Wildman–Crippen LogP) is 0.942. The van der Waals surface area contributed by atoms with Gasteiger partial charge in [0.15, 0.2) is 11.5 Å². The van der Waals surface area contributed by atoms with Crippen molar-refractivity contribution in [2.24, 2.45) is 12.8 Å². The Bertz CT molecular complexity index is 591. The third-order valence-corrected chi connectivity index (χ3v) is 3.27. The number of aromatic nitrogens is 1. The number of hydrogen-bond acceptors (Lipinski definition) is 4. The van der Waals surface area contributed by atoms with Crippen LogP contribution >= 0.6 is 0 Å². The second-order valence-electron chi connectivity index (χ2n) is 4.46. The smallest absolute Gasteiger partial charge is 0.163 e. The standard InChI is InChI=1S/C13H16N2O3/c1-15-7-9(11(16)6-14)8-4-12-13(5-10(8)15)18-3-2-17-12/h4-5,7,11,16H,2-3,6,14H2,1H3. The first-order chi connectivity index (χ1) is 8.70. The molecular formula is C13H16N2O3. The van der Waals surface area contributed by atoms with Gasteiger partial charge in [0.25, 0.3) is 0 Å². The molecule has 96 valence electrons. The zero-order chi connectivity index (χ0) is 12.7. The van der Waals surface area contributed by atoms with Crippen LogP contribution in [-0.4, -0.2) is 29.4 Å². The van der Waals surface area contributed by atoms with E-state index < -0.39 is 6.10 Å². The van der Waals surface area contributed by atoms with E-state index >= 15 is 0 Å². The van der Waals surface area contributed by atoms with Crippen molar-refractivity contribution in [2.75, 3.05) is 19.8 Å². The lowest BCUT2D eigenvalue weighted by atomic mass is 10.1. The first-order valence-electron chi connectivity index (χ1n) is 5.97. The monoisotopic (exact) mass is 248 g/mol. The zero-order valence-electron chi connectivity index (χ0n) is 10.2. The number of nitrogens with zero attached hydrogens (tertiary/aromatic N) is 1. The average Bonchev–Trinajstić information content (AvgIpc) is 2.72. The molecule has 0 amide bonds. The van der Waals surface area contributed by atoms with Crippen LogP contribution in [-0.2, 0) is 7.05 Å². The molecule has 0 fully saturated rings. The second-order valence-corrected chi connectivity index (χ2v) is 4.46. The van der Waals surface area contributed by atoms with E-state index in [0.717, 1.165) is 28.0 Å². The van der Waals surface area contributed by atoms with Crippen LogP contribution in [0.3, 0.4) is 0 Å². The van der Waals surface area contributed by atoms with Crippen LogP contribution in [0.1, 0.15) is 11.7 Å². The summed E-state index contributed by atoms with van der Waals surface area (Å²) in [5, 5.41) is 10.9. The molecule has 0 spiro atoms. The number of fused-ring (bicyclic) bond motifs is 2. The molecule has 18 heavy (non-hydrogen) atoms. The summed E-state index contributed by atoms with van der Waals surface area (Å²) in [5.74, 6) is 1.48. The summed E-state index contributed by atoms with van der Waals surface area (Å²) < 4.78 is 13.1. The number of rotatable bonds is 2. The van der Waals surface area contributed by atoms with E-state index in [1.54, 1.807) is 0 Å². The van der Waals surface area contributed by atoms with Crippen LogP contribution in [0.5, 0.6) is 11.5 Å². The Labute approximate surface area is 105 Å². The van der Waals surface area contributed by atoms with Crippen LogP contribution in [0, 0.1) is 0 Å². The minimum Gasteiger partial charge on any atom is -0.486 e. The molecular weight excluding hydrogens is 232 g/mol. The number of aryl methyl sites for hydroxylation is 1. The van der Waals surface area contributed by atoms with Crippen molar-refractivity contribution in [3.63, 3.8) is 0 Å². The van der Waals surface area contributed by atoms with Gasteiger partial charge >= 0.3 is 0 Å². The molecule has 0 aliphatic carbocycles. The van der Waals surface area contributed by atoms with Gasteiger partial charge in [-0.2, -0.15) is 0 Å². The molecule has 1 aliphatic heterocycles. The van der Waals surface area contributed by atoms with Gasteiger partial charge in [-0.05, 0) is 6.07 Å². The van der Waals surface area contributed by atoms with E-state index in [1.165, 1.54) is 0 Å². The van der Waals surface area contributed by atoms with E-state index in [-0.39, 0.29) is 6.54 Å². The lowest BCUT2D eigenvalue weighted by molar-refractivity contribution is 0.172. The molecule has 5 nitrogen and oxygen atoms in total. The van der Waals surface area contributed by atoms with Gasteiger partial charge in [0.2, 0.25) is 0 Å². The highest BCUT2D eigenvalue weighted by molar-refractivity contribution is 5.87. The maximum Gasteiger partial charge on any atom is 0.163 e. The van der Waals surface area contributed by atoms with E-state index in [1.807, 2.05) is 29.9 Å². The van der Waals surface area contributed by atoms with Gasteiger partial charge in [0.05, 0.1) is 11.6 Å². The minimum atomic E-state index is -0.656. The Hall–Kier alpha value is -1.72. The predicted molar refractivity (Wildman–Crippen MR) is 67.9 cm³/mol. The van der Waals surface area contributed by atoms with Crippen molar-refractivity contribution in [3.05, 3.63) is 23.9 Å². The van der Waals surface area contributed by atoms with Gasteiger partial charge in [0.1, 0.15) is 13.2 Å². The summed E-state index contributed by atoms with van der Waals surface area (Å²) in [5.41, 5.74) is 7.35. The summed E-state index contributed by atoms with van der Waals surface area (Å²) in [6.07, 6.45) is 1.24. The Morgan fingerprint density at radius 3 is 2.67 bits per heavy atom. The number of ether oxygens (including phenoxy) is 2. The molecule has 1 atom stereocenters. The largest absolute Gasteiger partial charge is 0.486 e. The second kappa shape index (κ2) is 4.19. The highest BCUT2D eigenvalue weighted by atomic mass is 16.6. The quantitative estimate of drug-likeness (QED) is 0.830. The fourth-order valence-electron chi connectivity index (χ4n) is 2.34. The molecule has 2 aromatic rings. The van der Waals surface area contributed by atoms with Crippen LogP contribution < -0.4 is 15.2 Å². The number of hydrogen-bond donors (Lipinski definition) is 2. The summed E-state index contributed by atoms with van der Waals surface area (Å²) in [6, 6.07) is 3.86. The zero-order valence-corrected chi connectivity index (χ0v) is 10.2. The fourth-order valence-corrected chi connectivity index (χ4v) is 2.34. The maximum atomic E-state index is 9.93. The van der Waals surface area contributed by atoms with E-state index in [0.29, 0.717) is 13.2 Å². The molecule has 0 saturated carbocycles. The molecule has 0 radical (unpaired) electrons. The Morgan fingerprint density at radius 1 is 1.33 bits per heavy atom. The van der Waals surface area contributed by atoms with Crippen molar-refractivity contribution in [1.29, 1.82) is 0 Å². The fraction of sp³-hybridized carbons (Fsp3) is 0.385. The van der Waals surface area contributed by atoms with Crippen molar-refractivity contribution in [1.82, 2.24) is 4.57 Å². The lowest BCUT2D eigenvalue weighted by Gasteiger charge is -2.18. The number of benzene rings is 1. The first-order valence-corrected chi connectivity index (χ1v) is 5.97. The molecule has 2 heterocycles. The molecule has 1 aromatic carbocycles. The van der Waals surface area contributed by atoms with Crippen molar-refractivity contribution in [3.8, 4) is 11.5 Å². The maximum absolute atomic E-state index is 9.93. The van der Waals surface area contributed by atoms with Gasteiger partial charge in [0, 0.05) is 36.8 Å². The highest BCUT2D eigenvalue weighted by Gasteiger charge is 2.19. The van der Waals surface area contributed by atoms with Crippen LogP contribution in [0.4, 0.5) is 0 Å². The SMILES string of the molecule is Cn1cc(C(O)CN)c2cc3c(cc21)OCCO3. The van der Waals surface area contributed by atoms with E-state index in [2.05, 4.69) is 0 Å². The molecule has 3 N–H and O–H groups in total. The Kier molecular flexibility index (Phi) is 2.65. The summed E-state index contributed by atoms with van der Waals surface area (Å²) in [7, 11) is 1.94. The van der Waals surface area contributed by atoms with Crippen LogP contribution in [0.2, 0.25) is 0 Å².